The van der Waals surface area contributed by atoms with E-state index in [1.54, 1.807) is 20.2 Å². The second-order valence-electron chi connectivity index (χ2n) is 5.17. The minimum Gasteiger partial charge on any atom is -0.389 e. The van der Waals surface area contributed by atoms with Crippen molar-refractivity contribution in [2.75, 3.05) is 7.11 Å². The summed E-state index contributed by atoms with van der Waals surface area (Å²) in [5.41, 5.74) is 1.32. The van der Waals surface area contributed by atoms with E-state index in [0.29, 0.717) is 0 Å². The van der Waals surface area contributed by atoms with Gasteiger partial charge in [0.05, 0.1) is 6.10 Å². The maximum Gasteiger partial charge on any atom is 0.160 e. The molecule has 1 aliphatic carbocycles. The van der Waals surface area contributed by atoms with Crippen LogP contribution in [0, 0.1) is 6.92 Å². The highest BCUT2D eigenvalue weighted by atomic mass is 16.5. The number of hydrogen-bond donors (Lipinski definition) is 1. The van der Waals surface area contributed by atoms with Gasteiger partial charge >= 0.3 is 0 Å². The zero-order valence-electron chi connectivity index (χ0n) is 11.4. The second kappa shape index (κ2) is 5.33. The average molecular weight is 250 g/mol. The van der Waals surface area contributed by atoms with Gasteiger partial charge in [-0.25, -0.2) is 9.97 Å². The smallest absolute Gasteiger partial charge is 0.160 e. The summed E-state index contributed by atoms with van der Waals surface area (Å²) in [6.07, 6.45) is 6.76. The number of ether oxygens (including phenoxy) is 1. The van der Waals surface area contributed by atoms with Crippen LogP contribution in [0.1, 0.15) is 62.2 Å². The number of nitrogens with zero attached hydrogens (tertiary/aromatic N) is 2. The Morgan fingerprint density at radius 2 is 2.00 bits per heavy atom. The zero-order valence-corrected chi connectivity index (χ0v) is 11.4. The van der Waals surface area contributed by atoms with E-state index in [2.05, 4.69) is 9.97 Å². The highest BCUT2D eigenvalue weighted by molar-refractivity contribution is 5.20. The third-order valence-electron chi connectivity index (χ3n) is 3.93. The molecule has 18 heavy (non-hydrogen) atoms. The SMILES string of the molecule is COC1(c2ncc(C(C)O)c(C)n2)CCCCC1. The average Bonchev–Trinajstić information content (AvgIpc) is 2.39. The Hall–Kier alpha value is -1.00. The predicted molar refractivity (Wildman–Crippen MR) is 69.2 cm³/mol. The summed E-state index contributed by atoms with van der Waals surface area (Å²) in [5, 5.41) is 9.62. The van der Waals surface area contributed by atoms with Crippen molar-refractivity contribution in [2.24, 2.45) is 0 Å². The molecule has 0 bridgehead atoms. The van der Waals surface area contributed by atoms with E-state index >= 15 is 0 Å². The molecule has 1 aromatic rings. The van der Waals surface area contributed by atoms with Crippen LogP contribution in [0.3, 0.4) is 0 Å². The van der Waals surface area contributed by atoms with Gasteiger partial charge < -0.3 is 9.84 Å². The summed E-state index contributed by atoms with van der Waals surface area (Å²) in [5.74, 6) is 0.770. The molecule has 0 aliphatic heterocycles. The van der Waals surface area contributed by atoms with Crippen molar-refractivity contribution in [1.29, 1.82) is 0 Å². The molecule has 0 amide bonds. The lowest BCUT2D eigenvalue weighted by molar-refractivity contribution is -0.0517. The molecule has 1 saturated carbocycles. The van der Waals surface area contributed by atoms with Crippen LogP contribution in [-0.4, -0.2) is 22.2 Å². The number of methoxy groups -OCH3 is 1. The Morgan fingerprint density at radius 3 is 2.50 bits per heavy atom. The molecule has 1 N–H and O–H groups in total. The van der Waals surface area contributed by atoms with Crippen LogP contribution in [-0.2, 0) is 10.3 Å². The van der Waals surface area contributed by atoms with Crippen LogP contribution < -0.4 is 0 Å². The highest BCUT2D eigenvalue weighted by Gasteiger charge is 2.36. The lowest BCUT2D eigenvalue weighted by atomic mass is 9.84. The van der Waals surface area contributed by atoms with Crippen molar-refractivity contribution in [1.82, 2.24) is 9.97 Å². The maximum absolute atomic E-state index is 9.62. The lowest BCUT2D eigenvalue weighted by Gasteiger charge is -2.34. The Bertz CT molecular complexity index is 412. The van der Waals surface area contributed by atoms with E-state index in [-0.39, 0.29) is 5.60 Å². The molecule has 4 heteroatoms. The number of aliphatic hydroxyl groups is 1. The molecule has 0 aromatic carbocycles. The number of hydrogen-bond acceptors (Lipinski definition) is 4. The van der Waals surface area contributed by atoms with Crippen LogP contribution in [0.2, 0.25) is 0 Å². The van der Waals surface area contributed by atoms with Crippen molar-refractivity contribution in [3.05, 3.63) is 23.3 Å². The molecule has 2 rings (SSSR count). The highest BCUT2D eigenvalue weighted by Crippen LogP contribution is 2.38. The van der Waals surface area contributed by atoms with Crippen LogP contribution in [0.15, 0.2) is 6.20 Å². The molecule has 1 unspecified atom stereocenters. The summed E-state index contributed by atoms with van der Waals surface area (Å²) >= 11 is 0. The third kappa shape index (κ3) is 2.40. The van der Waals surface area contributed by atoms with Crippen LogP contribution >= 0.6 is 0 Å². The molecule has 4 nitrogen and oxygen atoms in total. The van der Waals surface area contributed by atoms with Gasteiger partial charge in [0.25, 0.3) is 0 Å². The third-order valence-corrected chi connectivity index (χ3v) is 3.93. The maximum atomic E-state index is 9.62. The van der Waals surface area contributed by atoms with Crippen molar-refractivity contribution in [3.8, 4) is 0 Å². The van der Waals surface area contributed by atoms with E-state index in [1.165, 1.54) is 6.42 Å². The molecule has 1 aliphatic rings. The normalized spacial score (nSPS) is 20.7. The van der Waals surface area contributed by atoms with Gasteiger partial charge in [-0.15, -0.1) is 0 Å². The molecular weight excluding hydrogens is 228 g/mol. The molecule has 0 spiro atoms. The topological polar surface area (TPSA) is 55.2 Å². The van der Waals surface area contributed by atoms with E-state index in [0.717, 1.165) is 42.8 Å². The molecule has 0 saturated heterocycles. The first-order chi connectivity index (χ1) is 8.59. The number of aliphatic hydroxyl groups excluding tert-OH is 1. The minimum absolute atomic E-state index is 0.319. The van der Waals surface area contributed by atoms with Gasteiger partial charge in [0.2, 0.25) is 0 Å². The minimum atomic E-state index is -0.524. The fourth-order valence-corrected chi connectivity index (χ4v) is 2.75. The van der Waals surface area contributed by atoms with E-state index in [4.69, 9.17) is 4.74 Å². The van der Waals surface area contributed by atoms with Crippen molar-refractivity contribution in [2.45, 2.75) is 57.7 Å². The van der Waals surface area contributed by atoms with Gasteiger partial charge in [0.1, 0.15) is 5.60 Å². The zero-order chi connectivity index (χ0) is 13.2. The van der Waals surface area contributed by atoms with Crippen molar-refractivity contribution < 1.29 is 9.84 Å². The van der Waals surface area contributed by atoms with Crippen molar-refractivity contribution in [3.63, 3.8) is 0 Å². The first-order valence-electron chi connectivity index (χ1n) is 6.66. The fourth-order valence-electron chi connectivity index (χ4n) is 2.75. The molecule has 1 heterocycles. The summed E-state index contributed by atoms with van der Waals surface area (Å²) in [6, 6.07) is 0. The van der Waals surface area contributed by atoms with Gasteiger partial charge in [-0.2, -0.15) is 0 Å². The Kier molecular flexibility index (Phi) is 3.97. The Morgan fingerprint density at radius 1 is 1.33 bits per heavy atom. The second-order valence-corrected chi connectivity index (χ2v) is 5.17. The van der Waals surface area contributed by atoms with Gasteiger partial charge in [-0.1, -0.05) is 19.3 Å². The first-order valence-corrected chi connectivity index (χ1v) is 6.66. The quantitative estimate of drug-likeness (QED) is 0.896. The molecule has 100 valence electrons. The van der Waals surface area contributed by atoms with Gasteiger partial charge in [0.15, 0.2) is 5.82 Å². The number of aromatic nitrogens is 2. The van der Waals surface area contributed by atoms with E-state index < -0.39 is 6.10 Å². The fraction of sp³-hybridized carbons (Fsp3) is 0.714. The molecule has 1 atom stereocenters. The molecule has 1 aromatic heterocycles. The Balaban J connectivity index is 2.34. The first kappa shape index (κ1) is 13.4. The van der Waals surface area contributed by atoms with Crippen LogP contribution in [0.25, 0.3) is 0 Å². The number of aryl methyl sites for hydroxylation is 1. The standard InChI is InChI=1S/C14H22N2O2/c1-10-12(11(2)17)9-15-13(16-10)14(18-3)7-5-4-6-8-14/h9,11,17H,4-8H2,1-3H3. The van der Waals surface area contributed by atoms with Crippen LogP contribution in [0.4, 0.5) is 0 Å². The number of rotatable bonds is 3. The van der Waals surface area contributed by atoms with Gasteiger partial charge in [-0.05, 0) is 26.7 Å². The molecule has 1 fully saturated rings. The lowest BCUT2D eigenvalue weighted by Crippen LogP contribution is -2.33. The largest absolute Gasteiger partial charge is 0.389 e. The van der Waals surface area contributed by atoms with E-state index in [9.17, 15) is 5.11 Å². The predicted octanol–water partition coefficient (Wildman–Crippen LogP) is 2.64. The summed E-state index contributed by atoms with van der Waals surface area (Å²) < 4.78 is 5.73. The Labute approximate surface area is 108 Å². The monoisotopic (exact) mass is 250 g/mol. The molecular formula is C14H22N2O2. The van der Waals surface area contributed by atoms with Crippen LogP contribution in [0.5, 0.6) is 0 Å². The van der Waals surface area contributed by atoms with Crippen molar-refractivity contribution >= 4 is 0 Å². The summed E-state index contributed by atoms with van der Waals surface area (Å²) in [4.78, 5) is 9.00. The summed E-state index contributed by atoms with van der Waals surface area (Å²) in [7, 11) is 1.74. The van der Waals surface area contributed by atoms with Gasteiger partial charge in [-0.3, -0.25) is 0 Å². The summed E-state index contributed by atoms with van der Waals surface area (Å²) in [6.45, 7) is 3.65. The molecule has 0 radical (unpaired) electrons. The van der Waals surface area contributed by atoms with Gasteiger partial charge in [0, 0.05) is 24.6 Å². The van der Waals surface area contributed by atoms with E-state index in [1.807, 2.05) is 6.92 Å².